The minimum absolute atomic E-state index is 0.0217. The van der Waals surface area contributed by atoms with E-state index in [2.05, 4.69) is 23.4 Å². The molecule has 1 aromatic carbocycles. The summed E-state index contributed by atoms with van der Waals surface area (Å²) in [5, 5.41) is 4.16. The highest BCUT2D eigenvalue weighted by Gasteiger charge is 2.42. The van der Waals surface area contributed by atoms with Crippen LogP contribution < -0.4 is 10.9 Å². The first-order chi connectivity index (χ1) is 22.4. The fourth-order valence-electron chi connectivity index (χ4n) is 6.96. The number of fused-ring (bicyclic) bond motifs is 1. The molecule has 47 heavy (non-hydrogen) atoms. The Bertz CT molecular complexity index is 1630. The monoisotopic (exact) mass is 669 g/mol. The van der Waals surface area contributed by atoms with Crippen LogP contribution in [0.15, 0.2) is 60.4 Å². The van der Waals surface area contributed by atoms with Crippen LogP contribution in [-0.2, 0) is 12.5 Å². The number of unbranched alkanes of at least 4 members (excludes halogenated alkanes) is 2. The number of hydrogen-bond acceptors (Lipinski definition) is 7. The number of allylic oxidation sites excluding steroid dienone is 1. The van der Waals surface area contributed by atoms with Crippen molar-refractivity contribution in [3.05, 3.63) is 88.5 Å². The maximum Gasteiger partial charge on any atom is 0.276 e. The average molecular weight is 670 g/mol. The first kappa shape index (κ1) is 35.2. The summed E-state index contributed by atoms with van der Waals surface area (Å²) in [5.74, 6) is -2.21. The van der Waals surface area contributed by atoms with Crippen molar-refractivity contribution in [3.8, 4) is 0 Å². The van der Waals surface area contributed by atoms with Crippen molar-refractivity contribution in [2.24, 2.45) is 5.92 Å². The number of rotatable bonds is 13. The fraction of sp³-hybridized carbons (Fsp3) is 0.528. The van der Waals surface area contributed by atoms with E-state index >= 15 is 8.78 Å². The second-order valence-corrected chi connectivity index (χ2v) is 15.6. The summed E-state index contributed by atoms with van der Waals surface area (Å²) < 4.78 is 53.9. The maximum absolute atomic E-state index is 15.8. The molecule has 4 heterocycles. The van der Waals surface area contributed by atoms with Crippen LogP contribution in [0.1, 0.15) is 86.3 Å². The Morgan fingerprint density at radius 2 is 1.81 bits per heavy atom. The number of nitrogens with zero attached hydrogens (tertiary/aromatic N) is 4. The van der Waals surface area contributed by atoms with Gasteiger partial charge in [-0.25, -0.2) is 18.7 Å². The molecule has 0 amide bonds. The van der Waals surface area contributed by atoms with Crippen molar-refractivity contribution in [3.63, 3.8) is 0 Å². The molecule has 2 aliphatic rings. The van der Waals surface area contributed by atoms with E-state index in [1.807, 2.05) is 31.2 Å². The highest BCUT2D eigenvalue weighted by atomic mass is 32.3. The van der Waals surface area contributed by atoms with Gasteiger partial charge in [0, 0.05) is 47.7 Å². The molecule has 11 heteroatoms. The Morgan fingerprint density at radius 3 is 2.49 bits per heavy atom. The highest BCUT2D eigenvalue weighted by molar-refractivity contribution is 8.24. The van der Waals surface area contributed by atoms with E-state index in [9.17, 15) is 13.9 Å². The Labute approximate surface area is 278 Å². The number of nitrogens with one attached hydrogen (secondary N) is 1. The molecule has 2 fully saturated rings. The summed E-state index contributed by atoms with van der Waals surface area (Å²) in [6.45, 7) is 13.7. The van der Waals surface area contributed by atoms with Crippen LogP contribution in [-0.4, -0.2) is 59.7 Å². The zero-order valence-electron chi connectivity index (χ0n) is 27.6. The minimum atomic E-state index is -2.95. The second kappa shape index (κ2) is 15.0. The van der Waals surface area contributed by atoms with E-state index < -0.39 is 22.4 Å². The number of piperidine rings is 1. The van der Waals surface area contributed by atoms with E-state index in [0.29, 0.717) is 85.7 Å². The van der Waals surface area contributed by atoms with Crippen molar-refractivity contribution >= 4 is 27.4 Å². The smallest absolute Gasteiger partial charge is 0.276 e. The Kier molecular flexibility index (Phi) is 11.2. The maximum atomic E-state index is 15.8. The van der Waals surface area contributed by atoms with Gasteiger partial charge in [-0.05, 0) is 95.5 Å². The first-order valence-corrected chi connectivity index (χ1v) is 18.7. The van der Waals surface area contributed by atoms with Gasteiger partial charge in [0.25, 0.3) is 11.5 Å². The van der Waals surface area contributed by atoms with Crippen LogP contribution in [0.4, 0.5) is 14.6 Å². The predicted octanol–water partition coefficient (Wildman–Crippen LogP) is 8.25. The lowest BCUT2D eigenvalue weighted by Gasteiger charge is -2.39. The highest BCUT2D eigenvalue weighted by Crippen LogP contribution is 2.48. The molecule has 3 N–H and O–H groups in total. The van der Waals surface area contributed by atoms with Gasteiger partial charge in [-0.1, -0.05) is 30.4 Å². The number of halogens is 2. The molecule has 3 aromatic rings. The summed E-state index contributed by atoms with van der Waals surface area (Å²) in [6, 6.07) is 8.16. The van der Waals surface area contributed by atoms with Crippen molar-refractivity contribution in [2.75, 3.05) is 36.5 Å². The van der Waals surface area contributed by atoms with E-state index in [4.69, 9.17) is 9.97 Å². The van der Waals surface area contributed by atoms with Crippen molar-refractivity contribution in [1.29, 1.82) is 0 Å². The second-order valence-electron chi connectivity index (χ2n) is 13.2. The number of pyridine rings is 1. The van der Waals surface area contributed by atoms with E-state index in [1.165, 1.54) is 6.07 Å². The molecule has 2 saturated heterocycles. The molecule has 1 unspecified atom stereocenters. The fourth-order valence-corrected chi connectivity index (χ4v) is 8.49. The predicted molar refractivity (Wildman–Crippen MR) is 189 cm³/mol. The molecule has 0 bridgehead atoms. The van der Waals surface area contributed by atoms with E-state index in [0.717, 1.165) is 19.3 Å². The minimum Gasteiger partial charge on any atom is -0.363 e. The van der Waals surface area contributed by atoms with Gasteiger partial charge >= 0.3 is 0 Å². The molecule has 0 aliphatic carbocycles. The van der Waals surface area contributed by atoms with Crippen LogP contribution in [0.5, 0.6) is 0 Å². The van der Waals surface area contributed by atoms with Gasteiger partial charge in [0.15, 0.2) is 0 Å². The summed E-state index contributed by atoms with van der Waals surface area (Å²) in [7, 11) is -2.61. The number of aryl methyl sites for hydroxylation is 2. The number of benzene rings is 1. The van der Waals surface area contributed by atoms with Gasteiger partial charge in [0.1, 0.15) is 17.3 Å². The number of anilines is 1. The molecule has 8 nitrogen and oxygen atoms in total. The topological polar surface area (TPSA) is 104 Å². The van der Waals surface area contributed by atoms with Crippen LogP contribution in [0.3, 0.4) is 0 Å². The Hall–Kier alpha value is -3.12. The standard InChI is InChI=1S/C36H49F2N5O3S/c1-5-7-8-9-18-43-34-32(24-31(35(43)44)27-15-21-47(45,46)22-16-27)33(40-26(4)41-34)39-25(3)28-11-10-12-30(23-28)36(37,38)29-13-19-42(17-6-2)20-14-29/h5-6,10-12,23-25,27,29,45-46H,1-2,7-9,13-22H2,3-4H3,(H,39,40,41). The average Bonchev–Trinajstić information content (AvgIpc) is 3.04. The lowest BCUT2D eigenvalue weighted by atomic mass is 9.85. The molecule has 5 rings (SSSR count). The molecule has 2 aromatic heterocycles. The van der Waals surface area contributed by atoms with Gasteiger partial charge in [0.2, 0.25) is 0 Å². The molecular weight excluding hydrogens is 620 g/mol. The number of aromatic nitrogens is 3. The van der Waals surface area contributed by atoms with Crippen molar-refractivity contribution < 1.29 is 17.9 Å². The third-order valence-electron chi connectivity index (χ3n) is 9.76. The van der Waals surface area contributed by atoms with Crippen LogP contribution >= 0.6 is 10.6 Å². The summed E-state index contributed by atoms with van der Waals surface area (Å²) in [4.78, 5) is 25.6. The van der Waals surface area contributed by atoms with Gasteiger partial charge < -0.3 is 5.32 Å². The third-order valence-corrected chi connectivity index (χ3v) is 11.5. The summed E-state index contributed by atoms with van der Waals surface area (Å²) >= 11 is 0. The first-order valence-electron chi connectivity index (χ1n) is 16.8. The van der Waals surface area contributed by atoms with Crippen LogP contribution in [0.25, 0.3) is 11.0 Å². The van der Waals surface area contributed by atoms with E-state index in [-0.39, 0.29) is 34.6 Å². The van der Waals surface area contributed by atoms with Crippen LogP contribution in [0, 0.1) is 12.8 Å². The Morgan fingerprint density at radius 1 is 1.09 bits per heavy atom. The molecule has 1 atom stereocenters. The van der Waals surface area contributed by atoms with Crippen molar-refractivity contribution in [1.82, 2.24) is 19.4 Å². The molecule has 2 aliphatic heterocycles. The van der Waals surface area contributed by atoms with E-state index in [1.54, 1.807) is 23.6 Å². The van der Waals surface area contributed by atoms with Gasteiger partial charge in [-0.2, -0.15) is 10.6 Å². The molecule has 256 valence electrons. The lowest BCUT2D eigenvalue weighted by Crippen LogP contribution is -2.39. The van der Waals surface area contributed by atoms with Gasteiger partial charge in [0.05, 0.1) is 5.39 Å². The number of alkyl halides is 2. The molecular formula is C36H49F2N5O3S. The summed E-state index contributed by atoms with van der Waals surface area (Å²) in [6.07, 6.45) is 8.07. The van der Waals surface area contributed by atoms with Gasteiger partial charge in [-0.3, -0.25) is 23.4 Å². The largest absolute Gasteiger partial charge is 0.363 e. The quantitative estimate of drug-likeness (QED) is 0.124. The van der Waals surface area contributed by atoms with Crippen LogP contribution in [0.2, 0.25) is 0 Å². The van der Waals surface area contributed by atoms with Crippen molar-refractivity contribution in [2.45, 2.75) is 83.2 Å². The zero-order chi connectivity index (χ0) is 33.8. The normalized spacial score (nSPS) is 19.4. The third kappa shape index (κ3) is 8.13. The molecule has 0 radical (unpaired) electrons. The molecule has 0 saturated carbocycles. The Balaban J connectivity index is 1.46. The van der Waals surface area contributed by atoms with Gasteiger partial charge in [-0.15, -0.1) is 13.2 Å². The SMILES string of the molecule is C=CCCCCn1c(=O)c(C2CCS(O)(O)CC2)cc2c(NC(C)c3cccc(C(F)(F)C4CCN(CC=C)CC4)c3)nc(C)nc21. The number of hydrogen-bond donors (Lipinski definition) is 3. The summed E-state index contributed by atoms with van der Waals surface area (Å²) in [5.41, 5.74) is 1.78. The lowest BCUT2D eigenvalue weighted by molar-refractivity contribution is -0.0847. The molecule has 0 spiro atoms. The number of likely N-dealkylation sites (tertiary alicyclic amines) is 1. The zero-order valence-corrected chi connectivity index (χ0v) is 28.5.